The summed E-state index contributed by atoms with van der Waals surface area (Å²) in [6, 6.07) is 62.5. The second-order valence-corrected chi connectivity index (χ2v) is 104. The lowest BCUT2D eigenvalue weighted by atomic mass is 10.4. The molecule has 0 radical (unpaired) electrons. The average molecular weight is 1800 g/mol. The van der Waals surface area contributed by atoms with Crippen LogP contribution in [0.25, 0.3) is 0 Å². The maximum atomic E-state index is 7.57. The highest BCUT2D eigenvalue weighted by Gasteiger charge is 2.60. The van der Waals surface area contributed by atoms with E-state index in [-0.39, 0.29) is 0 Å². The quantitative estimate of drug-likeness (QED) is 0.0332. The van der Waals surface area contributed by atoms with Crippen molar-refractivity contribution in [3.8, 4) is 0 Å². The molecule has 6 rings (SSSR count). The molecule has 0 spiro atoms. The fourth-order valence-corrected chi connectivity index (χ4v) is 107. The molecule has 0 atom stereocenters. The largest absolute Gasteiger partial charge is 0.470 e. The number of rotatable bonds is 42. The molecule has 0 fully saturated rings. The van der Waals surface area contributed by atoms with E-state index in [0.29, 0.717) is 0 Å². The van der Waals surface area contributed by atoms with Gasteiger partial charge in [-0.3, -0.25) is 0 Å². The summed E-state index contributed by atoms with van der Waals surface area (Å²) in [5.41, 5.74) is 0. The van der Waals surface area contributed by atoms with Crippen molar-refractivity contribution in [2.75, 3.05) is 0 Å². The van der Waals surface area contributed by atoms with E-state index in [9.17, 15) is 0 Å². The van der Waals surface area contributed by atoms with Gasteiger partial charge in [0.25, 0.3) is 0 Å². The first-order valence-electron chi connectivity index (χ1n) is 37.3. The molecule has 0 saturated carbocycles. The molecule has 0 aliphatic heterocycles. The molecule has 0 aliphatic carbocycles. The Hall–Kier alpha value is -1.28. The minimum absolute atomic E-state index is 1.14. The van der Waals surface area contributed by atoms with Gasteiger partial charge < -0.3 is 74.1 Å². The summed E-state index contributed by atoms with van der Waals surface area (Å²) in [5, 5.41) is 6.86. The predicted molar refractivity (Wildman–Crippen MR) is 485 cm³/mol. The maximum Gasteiger partial charge on any atom is 0.470 e. The van der Waals surface area contributed by atoms with Gasteiger partial charge in [0.05, 0.1) is 0 Å². The van der Waals surface area contributed by atoms with E-state index < -0.39 is 162 Å². The van der Waals surface area contributed by atoms with Crippen LogP contribution in [0.1, 0.15) is 0 Å². The molecule has 0 aromatic heterocycles. The number of hydrogen-bond donors (Lipinski definition) is 0. The minimum atomic E-state index is -4.02. The van der Waals surface area contributed by atoms with E-state index in [2.05, 4.69) is 303 Å². The first-order chi connectivity index (χ1) is 48.4. The number of benzene rings is 6. The fraction of sp³-hybridized carbons (Fsp3) is 0.486. The molecule has 596 valence electrons. The maximum absolute atomic E-state index is 7.57. The molecule has 37 heteroatoms. The Bertz CT molecular complexity index is 3230. The van der Waals surface area contributed by atoms with Crippen LogP contribution in [0, 0.1) is 0 Å². The molecule has 6 aromatic rings. The lowest BCUT2D eigenvalue weighted by molar-refractivity contribution is 0.183. The van der Waals surface area contributed by atoms with Gasteiger partial charge in [-0.1, -0.05) is 182 Å². The van der Waals surface area contributed by atoms with Gasteiger partial charge in [0.15, 0.2) is 0 Å². The lowest BCUT2D eigenvalue weighted by Crippen LogP contribution is -2.68. The summed E-state index contributed by atoms with van der Waals surface area (Å²) in [6.45, 7) is 71.4. The van der Waals surface area contributed by atoms with Crippen LogP contribution in [0.15, 0.2) is 182 Å². The van der Waals surface area contributed by atoms with Crippen LogP contribution >= 0.6 is 0 Å². The fourth-order valence-electron chi connectivity index (χ4n) is 14.8. The summed E-state index contributed by atoms with van der Waals surface area (Å²) in [7, 11) is -60.0. The van der Waals surface area contributed by atoms with Crippen LogP contribution in [0.4, 0.5) is 0 Å². The van der Waals surface area contributed by atoms with Gasteiger partial charge in [-0.05, 0) is 228 Å². The van der Waals surface area contributed by atoms with Gasteiger partial charge >= 0.3 is 112 Å². The monoisotopic (exact) mass is 1790 g/mol. The van der Waals surface area contributed by atoms with E-state index in [1.54, 1.807) is 0 Å². The second-order valence-electron chi connectivity index (χ2n) is 35.1. The standard InChI is InChI=1S/C70H132O18Si19/c1-89(2,65-53-41-35-42-54-65)71-104(31,72-90(3,4)66-55-43-36-44-56-66)83-98(19,20)77-95(13,14)80-101(25,26)86-107(34,87-102(27,28)81-96(15,16)78-99(21,22)84-105(32,73-91(5,6)67-57-45-37-46-58-67)74-92(7,8)68-59-47-38-48-60-68)88-103(29,30)82-97(17,18)79-100(23,24)85-106(33,75-93(9,10)69-61-49-39-50-62-69)76-94(11,12)70-63-51-40-52-64-70/h35-64H,1-34H3. The molecular weight excluding hydrogens is 1660 g/mol. The van der Waals surface area contributed by atoms with Crippen molar-refractivity contribution in [3.63, 3.8) is 0 Å². The molecule has 0 amide bonds. The molecule has 0 aliphatic rings. The lowest BCUT2D eigenvalue weighted by Gasteiger charge is -2.47. The molecule has 0 N–H and O–H groups in total. The van der Waals surface area contributed by atoms with E-state index in [0.717, 1.165) is 31.1 Å². The Morgan fingerprint density at radius 1 is 0.121 bits per heavy atom. The Morgan fingerprint density at radius 3 is 0.327 bits per heavy atom. The molecule has 0 unspecified atom stereocenters. The minimum Gasteiger partial charge on any atom is -0.416 e. The molecule has 107 heavy (non-hydrogen) atoms. The van der Waals surface area contributed by atoms with Gasteiger partial charge in [0.1, 0.15) is 0 Å². The highest BCUT2D eigenvalue weighted by atomic mass is 28.6. The van der Waals surface area contributed by atoms with Crippen molar-refractivity contribution in [3.05, 3.63) is 182 Å². The zero-order valence-corrected chi connectivity index (χ0v) is 90.2. The van der Waals surface area contributed by atoms with E-state index in [1.807, 2.05) is 102 Å². The first-order valence-corrected chi connectivity index (χ1v) is 89.0. The van der Waals surface area contributed by atoms with Crippen molar-refractivity contribution in [1.29, 1.82) is 0 Å². The predicted octanol–water partition coefficient (Wildman–Crippen LogP) is 16.5. The van der Waals surface area contributed by atoms with Gasteiger partial charge in [-0.2, -0.15) is 0 Å². The molecule has 0 bridgehead atoms. The SMILES string of the molecule is C[Si](C)(O[Si](C)(C)O[Si](C)(O[Si](C)(C)O[Si](C)(C)O[Si](C)(C)O[Si](C)(O[Si](C)(C)c1ccccc1)O[Si](C)(C)c1ccccc1)O[Si](C)(C)O[Si](C)(C)O[Si](C)(C)O[Si](C)(O[Si](C)(C)c1ccccc1)O[Si](C)(C)c1ccccc1)O[Si](C)(C)O[Si](C)(O[Si](C)(C)c1ccccc1)O[Si](C)(C)c1ccccc1. The zero-order chi connectivity index (χ0) is 80.9. The normalized spacial score (nSPS) is 14.7. The van der Waals surface area contributed by atoms with E-state index in [1.165, 1.54) is 0 Å². The van der Waals surface area contributed by atoms with Crippen LogP contribution in [0.2, 0.25) is 223 Å². The molecule has 0 heterocycles. The van der Waals surface area contributed by atoms with Crippen LogP contribution in [-0.4, -0.2) is 162 Å². The Morgan fingerprint density at radius 2 is 0.215 bits per heavy atom. The molecule has 18 nitrogen and oxygen atoms in total. The van der Waals surface area contributed by atoms with E-state index in [4.69, 9.17) is 74.1 Å². The number of hydrogen-bond acceptors (Lipinski definition) is 18. The van der Waals surface area contributed by atoms with Gasteiger partial charge in [-0.15, -0.1) is 0 Å². The van der Waals surface area contributed by atoms with Crippen molar-refractivity contribution >= 4 is 193 Å². The van der Waals surface area contributed by atoms with Crippen molar-refractivity contribution < 1.29 is 74.1 Å². The van der Waals surface area contributed by atoms with Gasteiger partial charge in [0, 0.05) is 26.2 Å². The third-order valence-electron chi connectivity index (χ3n) is 17.0. The summed E-state index contributed by atoms with van der Waals surface area (Å²) in [5.74, 6) is 0. The highest BCUT2D eigenvalue weighted by Crippen LogP contribution is 2.37. The van der Waals surface area contributed by atoms with E-state index >= 15 is 0 Å². The van der Waals surface area contributed by atoms with Crippen LogP contribution in [0.3, 0.4) is 0 Å². The van der Waals surface area contributed by atoms with Gasteiger partial charge in [-0.25, -0.2) is 0 Å². The molecule has 6 aromatic carbocycles. The third kappa shape index (κ3) is 30.4. The summed E-state index contributed by atoms with van der Waals surface area (Å²) >= 11 is 0. The molecule has 0 saturated heterocycles. The Kier molecular flexibility index (Phi) is 31.2. The summed E-state index contributed by atoms with van der Waals surface area (Å²) < 4.78 is 133. The van der Waals surface area contributed by atoms with Crippen LogP contribution in [0.5, 0.6) is 0 Å². The zero-order valence-electron chi connectivity index (χ0n) is 71.2. The second kappa shape index (κ2) is 35.3. The first kappa shape index (κ1) is 94.6. The average Bonchev–Trinajstić information content (AvgIpc) is 0.785. The smallest absolute Gasteiger partial charge is 0.416 e. The van der Waals surface area contributed by atoms with Crippen molar-refractivity contribution in [1.82, 2.24) is 0 Å². The third-order valence-corrected chi connectivity index (χ3v) is 92.8. The van der Waals surface area contributed by atoms with Gasteiger partial charge in [0.2, 0.25) is 49.9 Å². The van der Waals surface area contributed by atoms with Crippen molar-refractivity contribution in [2.24, 2.45) is 0 Å². The highest BCUT2D eigenvalue weighted by molar-refractivity contribution is 7.01. The summed E-state index contributed by atoms with van der Waals surface area (Å²) in [4.78, 5) is 0. The Labute approximate surface area is 666 Å². The topological polar surface area (TPSA) is 166 Å². The molecular formula is C70H132O18Si19. The Balaban J connectivity index is 1.34. The van der Waals surface area contributed by atoms with Crippen LogP contribution in [-0.2, 0) is 74.1 Å². The summed E-state index contributed by atoms with van der Waals surface area (Å²) in [6.07, 6.45) is 0. The van der Waals surface area contributed by atoms with Crippen LogP contribution < -0.4 is 31.1 Å². The van der Waals surface area contributed by atoms with Crippen molar-refractivity contribution in [2.45, 2.75) is 223 Å².